The van der Waals surface area contributed by atoms with Crippen molar-refractivity contribution in [1.82, 2.24) is 0 Å². The molecule has 338 valence electrons. The molecule has 0 radical (unpaired) electrons. The normalized spacial score (nSPS) is 17.6. The maximum atomic E-state index is 14.2. The third kappa shape index (κ3) is 14.0. The van der Waals surface area contributed by atoms with E-state index in [-0.39, 0.29) is 49.7 Å². The molecule has 3 atom stereocenters. The second-order valence-corrected chi connectivity index (χ2v) is 20.7. The first-order valence-electron chi connectivity index (χ1n) is 19.2. The first kappa shape index (κ1) is 54.6. The van der Waals surface area contributed by atoms with Crippen molar-refractivity contribution in [1.29, 1.82) is 0 Å². The van der Waals surface area contributed by atoms with Crippen LogP contribution in [0.1, 0.15) is 103 Å². The molecular weight excluding hydrogens is 898 g/mol. The summed E-state index contributed by atoms with van der Waals surface area (Å²) in [6.07, 6.45) is -12.0. The molecule has 61 heavy (non-hydrogen) atoms. The van der Waals surface area contributed by atoms with Gasteiger partial charge in [0.1, 0.15) is 0 Å². The number of hydrogen-bond acceptors (Lipinski definition) is 0. The Labute approximate surface area is 365 Å². The Bertz CT molecular complexity index is 1810. The van der Waals surface area contributed by atoms with Crippen LogP contribution in [0.5, 0.6) is 0 Å². The first-order chi connectivity index (χ1) is 26.8. The van der Waals surface area contributed by atoms with Crippen LogP contribution in [-0.2, 0) is 41.8 Å². The van der Waals surface area contributed by atoms with Crippen molar-refractivity contribution in [2.24, 2.45) is 5.92 Å². The smallest absolute Gasteiger partial charge is 0.358 e. The monoisotopic (exact) mass is 950 g/mol. The van der Waals surface area contributed by atoms with Crippen LogP contribution < -0.4 is 21.2 Å². The molecule has 2 saturated carbocycles. The molecule has 4 aromatic rings. The van der Waals surface area contributed by atoms with E-state index in [2.05, 4.69) is 0 Å². The van der Waals surface area contributed by atoms with Gasteiger partial charge in [0.2, 0.25) is 0 Å². The number of halogens is 12. The van der Waals surface area contributed by atoms with Crippen LogP contribution in [0.25, 0.3) is 0 Å². The summed E-state index contributed by atoms with van der Waals surface area (Å²) in [5.41, 5.74) is -4.09. The van der Waals surface area contributed by atoms with Crippen molar-refractivity contribution in [3.05, 3.63) is 132 Å². The van der Waals surface area contributed by atoms with Crippen LogP contribution in [0, 0.1) is 48.5 Å². The van der Waals surface area contributed by atoms with E-state index in [1.807, 2.05) is 64.1 Å². The molecule has 0 spiro atoms. The van der Waals surface area contributed by atoms with Crippen LogP contribution in [0.15, 0.2) is 72.8 Å². The zero-order valence-corrected chi connectivity index (χ0v) is 38.0. The quantitative estimate of drug-likeness (QED) is 0.0749. The van der Waals surface area contributed by atoms with E-state index in [1.165, 1.54) is 32.1 Å². The van der Waals surface area contributed by atoms with Crippen molar-refractivity contribution in [2.45, 2.75) is 122 Å². The Balaban J connectivity index is 0.00000149. The maximum absolute atomic E-state index is 14.2. The topological polar surface area (TPSA) is 0 Å². The minimum atomic E-state index is -5.29. The van der Waals surface area contributed by atoms with Gasteiger partial charge in [0.15, 0.2) is 0 Å². The van der Waals surface area contributed by atoms with E-state index in [0.717, 1.165) is 32.9 Å². The summed E-state index contributed by atoms with van der Waals surface area (Å²) >= 11 is 0. The largest absolute Gasteiger partial charge is 2.00 e. The van der Waals surface area contributed by atoms with Crippen LogP contribution in [0.4, 0.5) is 52.7 Å². The van der Waals surface area contributed by atoms with E-state index in [1.54, 1.807) is 6.92 Å². The molecule has 0 aromatic heterocycles. The number of rotatable bonds is 7. The average Bonchev–Trinajstić information content (AvgIpc) is 3.83. The number of alkyl halides is 12. The van der Waals surface area contributed by atoms with E-state index < -0.39 is 85.0 Å². The molecule has 0 saturated heterocycles. The molecule has 0 bridgehead atoms. The van der Waals surface area contributed by atoms with Gasteiger partial charge in [-0.15, -0.1) is 0 Å². The van der Waals surface area contributed by atoms with Crippen LogP contribution in [-0.4, -0.2) is 11.3 Å². The van der Waals surface area contributed by atoms with Crippen LogP contribution >= 0.6 is 15.8 Å². The Hall–Kier alpha value is -2.58. The summed E-state index contributed by atoms with van der Waals surface area (Å²) < 4.78 is 170. The van der Waals surface area contributed by atoms with E-state index in [4.69, 9.17) is 0 Å². The molecule has 6 rings (SSSR count). The maximum Gasteiger partial charge on any atom is 2.00 e. The van der Waals surface area contributed by atoms with Gasteiger partial charge in [0.05, 0.1) is 22.3 Å². The summed E-state index contributed by atoms with van der Waals surface area (Å²) in [5, 5.41) is 0.755. The third-order valence-electron chi connectivity index (χ3n) is 10.8. The molecule has 2 unspecified atom stereocenters. The minimum absolute atomic E-state index is 0. The summed E-state index contributed by atoms with van der Waals surface area (Å²) in [6, 6.07) is 13.7. The SMILES string of the molecule is C1CCCC1.Cc1cc(C)cc(P(c2cc(C)cc(C)c2)C2CCCC2[C@@H](C)P(c2cc(C(F)(F)F)cc(C(F)(F)F)c2)c2cc(C(F)(F)F)cc(C(F)(F)F)c2)c1.[CH3-].[CH3-].[Fe+2]. The fourth-order valence-electron chi connectivity index (χ4n) is 8.41. The average molecular weight is 951 g/mol. The summed E-state index contributed by atoms with van der Waals surface area (Å²) in [7, 11) is -3.94. The van der Waals surface area contributed by atoms with E-state index in [0.29, 0.717) is 43.5 Å². The summed E-state index contributed by atoms with van der Waals surface area (Å²) in [5.74, 6) is -0.485. The Morgan fingerprint density at radius 2 is 0.721 bits per heavy atom. The van der Waals surface area contributed by atoms with Gasteiger partial charge in [-0.25, -0.2) is 0 Å². The van der Waals surface area contributed by atoms with Gasteiger partial charge in [-0.3, -0.25) is 0 Å². The minimum Gasteiger partial charge on any atom is -0.358 e. The van der Waals surface area contributed by atoms with Crippen molar-refractivity contribution in [3.8, 4) is 0 Å². The summed E-state index contributed by atoms with van der Waals surface area (Å²) in [6.45, 7) is 9.26. The predicted molar refractivity (Wildman–Crippen MR) is 224 cm³/mol. The van der Waals surface area contributed by atoms with Gasteiger partial charge < -0.3 is 14.9 Å². The summed E-state index contributed by atoms with van der Waals surface area (Å²) in [4.78, 5) is 0. The first-order valence-corrected chi connectivity index (χ1v) is 22.0. The third-order valence-corrected chi connectivity index (χ3v) is 16.6. The molecule has 4 aromatic carbocycles. The van der Waals surface area contributed by atoms with Gasteiger partial charge >= 0.3 is 41.8 Å². The fourth-order valence-corrected chi connectivity index (χ4v) is 15.3. The standard InChI is InChI=1S/C39H36F12P2.C5H10.2CH3.Fe/c1-21-9-22(2)12-30(11-21)53(31-13-23(3)10-24(4)14-31)35-8-6-7-34(35)25(5)52(32-17-26(36(40,41)42)15-27(18-32)37(43,44)45)33-19-28(38(46,47)48)16-29(20-33)39(49,50)51;1-2-4-5-3-1;;;/h9-20,25,34-35H,6-8H2,1-5H3;1-5H2;2*1H3;/q;;2*-1;+2/t25-,34?,35?;;;;/m1..../s1. The van der Waals surface area contributed by atoms with Crippen molar-refractivity contribution < 1.29 is 69.8 Å². The van der Waals surface area contributed by atoms with Gasteiger partial charge in [0, 0.05) is 0 Å². The number of aryl methyl sites for hydroxylation is 4. The Morgan fingerprint density at radius 3 is 1.00 bits per heavy atom. The second-order valence-electron chi connectivity index (χ2n) is 15.6. The predicted octanol–water partition coefficient (Wildman–Crippen LogP) is 15.0. The molecular formula is C46H52F12FeP2. The number of benzene rings is 4. The Kier molecular flexibility index (Phi) is 19.1. The zero-order valence-electron chi connectivity index (χ0n) is 35.1. The van der Waals surface area contributed by atoms with Gasteiger partial charge in [0.25, 0.3) is 0 Å². The molecule has 2 aliphatic rings. The van der Waals surface area contributed by atoms with Crippen LogP contribution in [0.3, 0.4) is 0 Å². The fraction of sp³-hybridized carbons (Fsp3) is 0.435. The van der Waals surface area contributed by atoms with Gasteiger partial charge in [-0.1, -0.05) is 104 Å². The van der Waals surface area contributed by atoms with E-state index >= 15 is 0 Å². The zero-order chi connectivity index (χ0) is 43.0. The van der Waals surface area contributed by atoms with Gasteiger partial charge in [-0.05, 0) is 131 Å². The molecule has 2 fully saturated rings. The molecule has 0 amide bonds. The molecule has 0 N–H and O–H groups in total. The molecule has 0 aliphatic heterocycles. The molecule has 0 heterocycles. The van der Waals surface area contributed by atoms with Crippen molar-refractivity contribution in [3.63, 3.8) is 0 Å². The second kappa shape index (κ2) is 21.4. The molecule has 15 heteroatoms. The Morgan fingerprint density at radius 1 is 0.426 bits per heavy atom. The van der Waals surface area contributed by atoms with Crippen LogP contribution in [0.2, 0.25) is 0 Å². The van der Waals surface area contributed by atoms with Gasteiger partial charge in [-0.2, -0.15) is 52.7 Å². The molecule has 0 nitrogen and oxygen atoms in total. The number of hydrogen-bond donors (Lipinski definition) is 0. The molecule has 2 aliphatic carbocycles. The van der Waals surface area contributed by atoms with E-state index in [9.17, 15) is 52.7 Å². The van der Waals surface area contributed by atoms with Crippen molar-refractivity contribution >= 4 is 37.1 Å². The van der Waals surface area contributed by atoms with Crippen molar-refractivity contribution in [2.75, 3.05) is 0 Å².